The van der Waals surface area contributed by atoms with Crippen molar-refractivity contribution in [2.45, 2.75) is 0 Å². The molecule has 2 aromatic rings. The summed E-state index contributed by atoms with van der Waals surface area (Å²) in [7, 11) is 0. The molecule has 0 aliphatic carbocycles. The van der Waals surface area contributed by atoms with E-state index in [1.165, 1.54) is 11.3 Å². The van der Waals surface area contributed by atoms with E-state index in [1.807, 2.05) is 5.38 Å². The third-order valence-corrected chi connectivity index (χ3v) is 3.77. The average molecular weight is 293 g/mol. The second-order valence-electron chi connectivity index (χ2n) is 3.10. The Labute approximate surface area is 103 Å². The van der Waals surface area contributed by atoms with Crippen molar-refractivity contribution in [3.8, 4) is 0 Å². The Morgan fingerprint density at radius 2 is 1.94 bits per heavy atom. The standard InChI is InChI=1S/C11H8AsNO2S/c14-11(8-5-6-16-7-8)13-10-3-1-9(12-15)2-4-10/h1-7H,(H,13,14). The summed E-state index contributed by atoms with van der Waals surface area (Å²) in [5.74, 6) is -0.121. The zero-order valence-corrected chi connectivity index (χ0v) is 10.9. The third-order valence-electron chi connectivity index (χ3n) is 2.01. The van der Waals surface area contributed by atoms with E-state index >= 15 is 0 Å². The summed E-state index contributed by atoms with van der Waals surface area (Å²) >= 11 is 0.495. The van der Waals surface area contributed by atoms with Gasteiger partial charge >= 0.3 is 103 Å². The molecule has 1 N–H and O–H groups in total. The Bertz CT molecular complexity index is 493. The van der Waals surface area contributed by atoms with Gasteiger partial charge in [-0.25, -0.2) is 0 Å². The minimum absolute atomic E-state index is 0.121. The van der Waals surface area contributed by atoms with E-state index in [4.69, 9.17) is 0 Å². The summed E-state index contributed by atoms with van der Waals surface area (Å²) in [5.41, 5.74) is 1.37. The van der Waals surface area contributed by atoms with Crippen molar-refractivity contribution in [2.24, 2.45) is 0 Å². The predicted molar refractivity (Wildman–Crippen MR) is 64.8 cm³/mol. The first-order valence-electron chi connectivity index (χ1n) is 4.56. The van der Waals surface area contributed by atoms with E-state index in [9.17, 15) is 8.53 Å². The number of rotatable bonds is 3. The van der Waals surface area contributed by atoms with E-state index in [-0.39, 0.29) is 5.91 Å². The number of amides is 1. The van der Waals surface area contributed by atoms with Crippen LogP contribution in [-0.4, -0.2) is 21.6 Å². The Balaban J connectivity index is 2.09. The van der Waals surface area contributed by atoms with Crippen LogP contribution in [0.3, 0.4) is 0 Å². The van der Waals surface area contributed by atoms with Gasteiger partial charge in [0.1, 0.15) is 0 Å². The summed E-state index contributed by atoms with van der Waals surface area (Å²) in [6.45, 7) is 0. The van der Waals surface area contributed by atoms with Gasteiger partial charge in [0.05, 0.1) is 0 Å². The second kappa shape index (κ2) is 5.19. The maximum absolute atomic E-state index is 11.7. The zero-order valence-electron chi connectivity index (χ0n) is 8.21. The van der Waals surface area contributed by atoms with Gasteiger partial charge in [-0.15, -0.1) is 0 Å². The molecule has 1 aromatic heterocycles. The van der Waals surface area contributed by atoms with Crippen LogP contribution < -0.4 is 9.67 Å². The van der Waals surface area contributed by atoms with Gasteiger partial charge in [-0.1, -0.05) is 0 Å². The number of carbonyl (C=O) groups is 1. The summed E-state index contributed by atoms with van der Waals surface area (Å²) in [5, 5.41) is 6.43. The number of nitrogens with one attached hydrogen (secondary N) is 1. The summed E-state index contributed by atoms with van der Waals surface area (Å²) in [6, 6.07) is 8.81. The van der Waals surface area contributed by atoms with E-state index < -0.39 is 15.7 Å². The van der Waals surface area contributed by atoms with E-state index in [1.54, 1.807) is 35.7 Å². The van der Waals surface area contributed by atoms with Gasteiger partial charge in [-0.3, -0.25) is 0 Å². The first-order valence-corrected chi connectivity index (χ1v) is 7.21. The minimum atomic E-state index is -0.992. The number of thiophene rings is 1. The third kappa shape index (κ3) is 2.65. The van der Waals surface area contributed by atoms with Gasteiger partial charge in [0.15, 0.2) is 0 Å². The predicted octanol–water partition coefficient (Wildman–Crippen LogP) is 1.68. The molecule has 0 spiro atoms. The van der Waals surface area contributed by atoms with Crippen molar-refractivity contribution < 1.29 is 8.53 Å². The van der Waals surface area contributed by atoms with Crippen molar-refractivity contribution in [3.05, 3.63) is 46.7 Å². The number of anilines is 1. The van der Waals surface area contributed by atoms with Crippen molar-refractivity contribution in [2.75, 3.05) is 5.32 Å². The van der Waals surface area contributed by atoms with Crippen LogP contribution in [-0.2, 0) is 3.74 Å². The molecule has 0 aliphatic rings. The average Bonchev–Trinajstić information content (AvgIpc) is 2.83. The van der Waals surface area contributed by atoms with Crippen molar-refractivity contribution in [1.29, 1.82) is 0 Å². The maximum atomic E-state index is 11.7. The van der Waals surface area contributed by atoms with Crippen LogP contribution in [0.5, 0.6) is 0 Å². The Hall–Kier alpha value is -1.25. The molecule has 16 heavy (non-hydrogen) atoms. The fraction of sp³-hybridized carbons (Fsp3) is 0. The second-order valence-corrected chi connectivity index (χ2v) is 5.35. The van der Waals surface area contributed by atoms with Gasteiger partial charge in [0, 0.05) is 0 Å². The molecule has 3 nitrogen and oxygen atoms in total. The van der Waals surface area contributed by atoms with E-state index in [0.717, 1.165) is 10.0 Å². The molecule has 0 fully saturated rings. The fourth-order valence-electron chi connectivity index (χ4n) is 1.20. The number of hydrogen-bond acceptors (Lipinski definition) is 3. The van der Waals surface area contributed by atoms with Crippen molar-refractivity contribution in [3.63, 3.8) is 0 Å². The zero-order chi connectivity index (χ0) is 11.4. The molecular weight excluding hydrogens is 285 g/mol. The van der Waals surface area contributed by atoms with Crippen LogP contribution in [0.15, 0.2) is 41.1 Å². The molecule has 1 heterocycles. The summed E-state index contributed by atoms with van der Waals surface area (Å²) in [6.07, 6.45) is 0. The van der Waals surface area contributed by atoms with Gasteiger partial charge in [-0.05, 0) is 0 Å². The molecule has 80 valence electrons. The van der Waals surface area contributed by atoms with Crippen molar-refractivity contribution >= 4 is 43.0 Å². The molecule has 0 saturated carbocycles. The molecule has 5 heteroatoms. The Morgan fingerprint density at radius 3 is 2.50 bits per heavy atom. The number of hydrogen-bond donors (Lipinski definition) is 1. The molecule has 0 unspecified atom stereocenters. The van der Waals surface area contributed by atoms with Gasteiger partial charge < -0.3 is 0 Å². The topological polar surface area (TPSA) is 46.2 Å². The van der Waals surface area contributed by atoms with Gasteiger partial charge in [0.2, 0.25) is 0 Å². The van der Waals surface area contributed by atoms with Crippen LogP contribution in [0.25, 0.3) is 0 Å². The molecular formula is C11H8AsNO2S. The van der Waals surface area contributed by atoms with Crippen LogP contribution in [0.2, 0.25) is 0 Å². The Kier molecular flexibility index (Phi) is 3.65. The van der Waals surface area contributed by atoms with Crippen LogP contribution in [0, 0.1) is 0 Å². The summed E-state index contributed by atoms with van der Waals surface area (Å²) < 4.78 is 11.5. The molecule has 1 aromatic carbocycles. The molecule has 0 atom stereocenters. The quantitative estimate of drug-likeness (QED) is 0.875. The van der Waals surface area contributed by atoms with E-state index in [2.05, 4.69) is 5.32 Å². The van der Waals surface area contributed by atoms with Gasteiger partial charge in [-0.2, -0.15) is 0 Å². The SMILES string of the molecule is O=[As]c1ccc(NC(=O)c2ccsc2)cc1. The number of carbonyl (C=O) groups excluding carboxylic acids is 1. The Morgan fingerprint density at radius 1 is 1.19 bits per heavy atom. The van der Waals surface area contributed by atoms with Gasteiger partial charge in [0.25, 0.3) is 0 Å². The monoisotopic (exact) mass is 293 g/mol. The molecule has 0 saturated heterocycles. The van der Waals surface area contributed by atoms with Crippen LogP contribution >= 0.6 is 11.3 Å². The molecule has 2 rings (SSSR count). The summed E-state index contributed by atoms with van der Waals surface area (Å²) in [4.78, 5) is 11.7. The number of benzene rings is 1. The first kappa shape index (κ1) is 11.2. The normalized spacial score (nSPS) is 10.2. The van der Waals surface area contributed by atoms with Crippen molar-refractivity contribution in [1.82, 2.24) is 0 Å². The molecule has 0 radical (unpaired) electrons. The fourth-order valence-corrected chi connectivity index (χ4v) is 2.41. The molecule has 1 amide bonds. The van der Waals surface area contributed by atoms with Crippen LogP contribution in [0.4, 0.5) is 5.69 Å². The first-order chi connectivity index (χ1) is 7.79. The van der Waals surface area contributed by atoms with Crippen LogP contribution in [0.1, 0.15) is 10.4 Å². The molecule has 0 aliphatic heterocycles. The van der Waals surface area contributed by atoms with E-state index in [0.29, 0.717) is 5.56 Å². The molecule has 0 bridgehead atoms.